The predicted molar refractivity (Wildman–Crippen MR) is 124 cm³/mol. The van der Waals surface area contributed by atoms with E-state index in [2.05, 4.69) is 9.71 Å². The molecule has 3 aromatic rings. The number of halogens is 2. The Balaban J connectivity index is 1.58. The van der Waals surface area contributed by atoms with Crippen LogP contribution >= 0.6 is 11.6 Å². The van der Waals surface area contributed by atoms with Gasteiger partial charge in [-0.15, -0.1) is 4.40 Å². The van der Waals surface area contributed by atoms with E-state index in [9.17, 15) is 22.4 Å². The van der Waals surface area contributed by atoms with Crippen LogP contribution in [-0.4, -0.2) is 30.8 Å². The summed E-state index contributed by atoms with van der Waals surface area (Å²) in [6.07, 6.45) is 0. The quantitative estimate of drug-likeness (QED) is 0.550. The first-order chi connectivity index (χ1) is 16.2. The molecule has 0 saturated carbocycles. The van der Waals surface area contributed by atoms with Crippen molar-refractivity contribution in [3.63, 3.8) is 0 Å². The molecule has 1 saturated heterocycles. The number of likely N-dealkylation sites (tertiary alicyclic amines) is 1. The number of amides is 1. The molecule has 1 fully saturated rings. The summed E-state index contributed by atoms with van der Waals surface area (Å²) in [5.41, 5.74) is 1.32. The summed E-state index contributed by atoms with van der Waals surface area (Å²) in [7, 11) is -4.11. The maximum absolute atomic E-state index is 13.6. The maximum Gasteiger partial charge on any atom is 0.286 e. The topological polar surface area (TPSA) is 95.9 Å². The summed E-state index contributed by atoms with van der Waals surface area (Å²) in [6.45, 7) is 0.0420. The number of para-hydroxylation sites is 1. The zero-order valence-corrected chi connectivity index (χ0v) is 19.1. The Bertz CT molecular complexity index is 1460. The molecular formula is C24H17ClFN3O4S. The molecular weight excluding hydrogens is 481 g/mol. The van der Waals surface area contributed by atoms with Gasteiger partial charge in [-0.25, -0.2) is 4.39 Å². The van der Waals surface area contributed by atoms with Crippen molar-refractivity contribution in [2.45, 2.75) is 17.5 Å². The normalized spacial score (nSPS) is 21.1. The highest BCUT2D eigenvalue weighted by Crippen LogP contribution is 2.38. The number of rotatable bonds is 4. The molecule has 34 heavy (non-hydrogen) atoms. The zero-order chi connectivity index (χ0) is 24.0. The first-order valence-corrected chi connectivity index (χ1v) is 12.1. The van der Waals surface area contributed by atoms with Crippen LogP contribution in [0.3, 0.4) is 0 Å². The molecule has 0 aliphatic carbocycles. The molecule has 0 bridgehead atoms. The van der Waals surface area contributed by atoms with Gasteiger partial charge in [0.1, 0.15) is 22.6 Å². The van der Waals surface area contributed by atoms with E-state index in [0.717, 1.165) is 0 Å². The highest BCUT2D eigenvalue weighted by atomic mass is 35.5. The standard InChI is InChI=1S/C24H17ClFN3O4S/c25-16-5-3-4-14(12-16)13-29-21(15-8-10-17(26)11-9-15)22(30)20(24(29)31)23-27-18-6-1-2-7-19(18)34(32,33)28-23/h1-12,20-21H,13H2,(H,27,28)/t20?,21-/m0/s1. The Morgan fingerprint density at radius 2 is 1.74 bits per heavy atom. The fourth-order valence-corrected chi connectivity index (χ4v) is 5.60. The van der Waals surface area contributed by atoms with E-state index in [1.807, 2.05) is 0 Å². The number of carbonyl (C=O) groups excluding carboxylic acids is 2. The largest absolute Gasteiger partial charge is 0.341 e. The van der Waals surface area contributed by atoms with Gasteiger partial charge in [0.05, 0.1) is 5.69 Å². The number of sulfonamides is 1. The van der Waals surface area contributed by atoms with Crippen LogP contribution in [0.1, 0.15) is 17.2 Å². The molecule has 3 aromatic carbocycles. The molecule has 172 valence electrons. The number of nitrogens with one attached hydrogen (secondary N) is 1. The summed E-state index contributed by atoms with van der Waals surface area (Å²) in [5.74, 6) is -3.37. The second-order valence-corrected chi connectivity index (χ2v) is 9.97. The van der Waals surface area contributed by atoms with E-state index in [1.54, 1.807) is 36.4 Å². The molecule has 1 amide bonds. The fraction of sp³-hybridized carbons (Fsp3) is 0.125. The van der Waals surface area contributed by atoms with E-state index in [0.29, 0.717) is 16.1 Å². The van der Waals surface area contributed by atoms with Crippen LogP contribution in [0.25, 0.3) is 0 Å². The summed E-state index contributed by atoms with van der Waals surface area (Å²) < 4.78 is 42.8. The zero-order valence-electron chi connectivity index (χ0n) is 17.5. The molecule has 2 heterocycles. The SMILES string of the molecule is O=C1C(C2=NS(=O)(=O)c3ccccc3N2)C(=O)N(Cc2cccc(Cl)c2)[C@H]1c1ccc(F)cc1. The minimum atomic E-state index is -4.11. The number of carbonyl (C=O) groups is 2. The lowest BCUT2D eigenvalue weighted by molar-refractivity contribution is -0.131. The molecule has 0 radical (unpaired) electrons. The number of fused-ring (bicyclic) bond motifs is 1. The first kappa shape index (κ1) is 22.2. The van der Waals surface area contributed by atoms with Gasteiger partial charge in [-0.2, -0.15) is 8.42 Å². The van der Waals surface area contributed by atoms with Gasteiger partial charge in [0, 0.05) is 11.6 Å². The maximum atomic E-state index is 13.6. The molecule has 2 aliphatic rings. The van der Waals surface area contributed by atoms with E-state index >= 15 is 0 Å². The number of hydrogen-bond acceptors (Lipinski definition) is 5. The van der Waals surface area contributed by atoms with Crippen LogP contribution in [0, 0.1) is 11.7 Å². The van der Waals surface area contributed by atoms with Crippen molar-refractivity contribution >= 4 is 44.8 Å². The highest BCUT2D eigenvalue weighted by Gasteiger charge is 2.51. The summed E-state index contributed by atoms with van der Waals surface area (Å²) >= 11 is 6.09. The number of Topliss-reactive ketones (excluding diaryl/α,β-unsaturated/α-hetero) is 1. The minimum absolute atomic E-state index is 0.0393. The van der Waals surface area contributed by atoms with Crippen molar-refractivity contribution in [3.8, 4) is 0 Å². The monoisotopic (exact) mass is 497 g/mol. The average Bonchev–Trinajstić information content (AvgIpc) is 3.03. The van der Waals surface area contributed by atoms with Crippen LogP contribution in [0.5, 0.6) is 0 Å². The molecule has 0 aromatic heterocycles. The fourth-order valence-electron chi connectivity index (χ4n) is 4.23. The Hall–Kier alpha value is -3.56. The second-order valence-electron chi connectivity index (χ2n) is 7.96. The average molecular weight is 498 g/mol. The number of nitrogens with zero attached hydrogens (tertiary/aromatic N) is 2. The smallest absolute Gasteiger partial charge is 0.286 e. The van der Waals surface area contributed by atoms with Gasteiger partial charge in [-0.1, -0.05) is 48.0 Å². The van der Waals surface area contributed by atoms with Gasteiger partial charge in [-0.3, -0.25) is 9.59 Å². The molecule has 7 nitrogen and oxygen atoms in total. The van der Waals surface area contributed by atoms with Crippen molar-refractivity contribution in [2.24, 2.45) is 10.3 Å². The number of ketones is 1. The van der Waals surface area contributed by atoms with Crippen LogP contribution in [-0.2, 0) is 26.2 Å². The number of hydrogen-bond donors (Lipinski definition) is 1. The Morgan fingerprint density at radius 1 is 1.00 bits per heavy atom. The molecule has 0 spiro atoms. The number of anilines is 1. The summed E-state index contributed by atoms with van der Waals surface area (Å²) in [5, 5.41) is 3.32. The molecule has 10 heteroatoms. The first-order valence-electron chi connectivity index (χ1n) is 10.3. The van der Waals surface area contributed by atoms with Gasteiger partial charge in [0.15, 0.2) is 11.7 Å². The third-order valence-corrected chi connectivity index (χ3v) is 7.33. The van der Waals surface area contributed by atoms with Gasteiger partial charge in [-0.05, 0) is 47.5 Å². The van der Waals surface area contributed by atoms with E-state index in [4.69, 9.17) is 11.6 Å². The molecule has 2 aliphatic heterocycles. The van der Waals surface area contributed by atoms with Gasteiger partial charge in [0.25, 0.3) is 10.0 Å². The Labute approximate surface area is 199 Å². The predicted octanol–water partition coefficient (Wildman–Crippen LogP) is 3.96. The van der Waals surface area contributed by atoms with Crippen molar-refractivity contribution in [1.82, 2.24) is 4.90 Å². The van der Waals surface area contributed by atoms with Crippen molar-refractivity contribution in [3.05, 3.63) is 94.8 Å². The molecule has 1 unspecified atom stereocenters. The summed E-state index contributed by atoms with van der Waals surface area (Å²) in [4.78, 5) is 28.5. The Kier molecular flexibility index (Phi) is 5.45. The molecule has 5 rings (SSSR count). The van der Waals surface area contributed by atoms with Gasteiger partial charge < -0.3 is 10.2 Å². The van der Waals surface area contributed by atoms with Crippen LogP contribution < -0.4 is 5.32 Å². The Morgan fingerprint density at radius 3 is 2.47 bits per heavy atom. The van der Waals surface area contributed by atoms with Crippen molar-refractivity contribution < 1.29 is 22.4 Å². The van der Waals surface area contributed by atoms with Crippen LogP contribution in [0.4, 0.5) is 10.1 Å². The third-order valence-electron chi connectivity index (χ3n) is 5.74. The lowest BCUT2D eigenvalue weighted by atomic mass is 9.96. The number of benzene rings is 3. The lowest BCUT2D eigenvalue weighted by Crippen LogP contribution is -2.37. The third kappa shape index (κ3) is 3.86. The van der Waals surface area contributed by atoms with E-state index in [1.165, 1.54) is 41.3 Å². The summed E-state index contributed by atoms with van der Waals surface area (Å²) in [6, 6.07) is 17.2. The molecule has 2 atom stereocenters. The van der Waals surface area contributed by atoms with Crippen molar-refractivity contribution in [2.75, 3.05) is 5.32 Å². The van der Waals surface area contributed by atoms with Crippen LogP contribution in [0.2, 0.25) is 5.02 Å². The highest BCUT2D eigenvalue weighted by molar-refractivity contribution is 7.90. The van der Waals surface area contributed by atoms with Gasteiger partial charge in [0.2, 0.25) is 5.91 Å². The van der Waals surface area contributed by atoms with Gasteiger partial charge >= 0.3 is 0 Å². The van der Waals surface area contributed by atoms with E-state index < -0.39 is 39.5 Å². The van der Waals surface area contributed by atoms with Crippen LogP contribution in [0.15, 0.2) is 82.1 Å². The van der Waals surface area contributed by atoms with Crippen molar-refractivity contribution in [1.29, 1.82) is 0 Å². The molecule has 1 N–H and O–H groups in total. The minimum Gasteiger partial charge on any atom is -0.341 e. The second kappa shape index (κ2) is 8.34. The lowest BCUT2D eigenvalue weighted by Gasteiger charge is -2.24. The number of amidine groups is 1. The van der Waals surface area contributed by atoms with E-state index in [-0.39, 0.29) is 23.0 Å².